The van der Waals surface area contributed by atoms with Crippen LogP contribution in [0.1, 0.15) is 0 Å². The molecule has 0 nitrogen and oxygen atoms in total. The summed E-state index contributed by atoms with van der Waals surface area (Å²) in [7, 11) is 0. The largest absolute Gasteiger partial charge is 0.0616 e. The molecule has 0 aliphatic carbocycles. The second kappa shape index (κ2) is 10.7. The van der Waals surface area contributed by atoms with Crippen LogP contribution in [0.25, 0.3) is 98.0 Å². The van der Waals surface area contributed by atoms with Gasteiger partial charge in [-0.15, -0.1) is 0 Å². The van der Waals surface area contributed by atoms with E-state index in [9.17, 15) is 0 Å². The Bertz CT molecular complexity index is 2830. The van der Waals surface area contributed by atoms with Gasteiger partial charge in [-0.3, -0.25) is 0 Å². The quantitative estimate of drug-likeness (QED) is 0.139. The molecule has 0 aromatic heterocycles. The fourth-order valence-electron chi connectivity index (χ4n) is 8.13. The molecule has 0 heterocycles. The highest BCUT2D eigenvalue weighted by Gasteiger charge is 2.20. The summed E-state index contributed by atoms with van der Waals surface area (Å²) in [6.45, 7) is 0. The molecular formula is C48H30. The Morgan fingerprint density at radius 3 is 1.42 bits per heavy atom. The Hall–Kier alpha value is -6.24. The van der Waals surface area contributed by atoms with Crippen LogP contribution in [0.4, 0.5) is 0 Å². The van der Waals surface area contributed by atoms with Crippen molar-refractivity contribution >= 4 is 64.6 Å². The Morgan fingerprint density at radius 1 is 0.229 bits per heavy atom. The van der Waals surface area contributed by atoms with Crippen LogP contribution in [-0.4, -0.2) is 0 Å². The summed E-state index contributed by atoms with van der Waals surface area (Å²) in [5, 5.41) is 15.3. The van der Waals surface area contributed by atoms with Crippen LogP contribution in [0.2, 0.25) is 0 Å². The van der Waals surface area contributed by atoms with Gasteiger partial charge in [0.2, 0.25) is 0 Å². The number of fused-ring (bicyclic) bond motifs is 8. The third-order valence-corrected chi connectivity index (χ3v) is 10.2. The molecule has 0 bridgehead atoms. The lowest BCUT2D eigenvalue weighted by Crippen LogP contribution is -1.93. The fraction of sp³-hybridized carbons (Fsp3) is 0. The van der Waals surface area contributed by atoms with E-state index in [4.69, 9.17) is 0 Å². The van der Waals surface area contributed by atoms with Crippen LogP contribution in [0, 0.1) is 0 Å². The van der Waals surface area contributed by atoms with Gasteiger partial charge in [0, 0.05) is 0 Å². The van der Waals surface area contributed by atoms with Gasteiger partial charge in [0.15, 0.2) is 0 Å². The monoisotopic (exact) mass is 606 g/mol. The van der Waals surface area contributed by atoms with E-state index in [0.717, 1.165) is 0 Å². The summed E-state index contributed by atoms with van der Waals surface area (Å²) in [6.07, 6.45) is 0. The first-order valence-electron chi connectivity index (χ1n) is 16.7. The van der Waals surface area contributed by atoms with E-state index < -0.39 is 0 Å². The van der Waals surface area contributed by atoms with Crippen LogP contribution in [0.3, 0.4) is 0 Å². The Kier molecular flexibility index (Phi) is 5.98. The second-order valence-corrected chi connectivity index (χ2v) is 12.8. The van der Waals surface area contributed by atoms with Crippen LogP contribution in [0.5, 0.6) is 0 Å². The molecule has 0 fully saturated rings. The number of hydrogen-bond acceptors (Lipinski definition) is 0. The molecule has 10 aromatic rings. The summed E-state index contributed by atoms with van der Waals surface area (Å²) >= 11 is 0. The smallest absolute Gasteiger partial charge is 0.00199 e. The number of benzene rings is 10. The highest BCUT2D eigenvalue weighted by atomic mass is 14.2. The van der Waals surface area contributed by atoms with Crippen molar-refractivity contribution in [3.8, 4) is 33.4 Å². The maximum absolute atomic E-state index is 2.43. The van der Waals surface area contributed by atoms with Gasteiger partial charge in [-0.2, -0.15) is 0 Å². The number of hydrogen-bond donors (Lipinski definition) is 0. The lowest BCUT2D eigenvalue weighted by Gasteiger charge is -2.20. The fourth-order valence-corrected chi connectivity index (χ4v) is 8.13. The van der Waals surface area contributed by atoms with E-state index in [0.29, 0.717) is 0 Å². The molecule has 222 valence electrons. The molecule has 0 heteroatoms. The molecule has 0 saturated carbocycles. The minimum Gasteiger partial charge on any atom is -0.0616 e. The summed E-state index contributed by atoms with van der Waals surface area (Å²) in [6, 6.07) is 67.1. The van der Waals surface area contributed by atoms with Crippen LogP contribution < -0.4 is 0 Å². The first kappa shape index (κ1) is 26.9. The van der Waals surface area contributed by atoms with Crippen molar-refractivity contribution in [2.24, 2.45) is 0 Å². The minimum atomic E-state index is 1.23. The topological polar surface area (TPSA) is 0 Å². The summed E-state index contributed by atoms with van der Waals surface area (Å²) in [5.74, 6) is 0. The second-order valence-electron chi connectivity index (χ2n) is 12.8. The van der Waals surface area contributed by atoms with Crippen molar-refractivity contribution < 1.29 is 0 Å². The molecule has 48 heavy (non-hydrogen) atoms. The van der Waals surface area contributed by atoms with Crippen molar-refractivity contribution in [2.45, 2.75) is 0 Å². The molecule has 0 saturated heterocycles. The van der Waals surface area contributed by atoms with E-state index in [-0.39, 0.29) is 0 Å². The SMILES string of the molecule is c1cc(-c2cccc3ccccc23)cc(-c2c3ccccc3c(-c3cc4ccc5ccccc5c4c4ccccc34)c3ccccc23)c1. The predicted molar refractivity (Wildman–Crippen MR) is 208 cm³/mol. The molecule has 10 rings (SSSR count). The van der Waals surface area contributed by atoms with E-state index >= 15 is 0 Å². The van der Waals surface area contributed by atoms with E-state index in [1.54, 1.807) is 0 Å². The van der Waals surface area contributed by atoms with E-state index in [1.807, 2.05) is 0 Å². The van der Waals surface area contributed by atoms with Gasteiger partial charge in [0.1, 0.15) is 0 Å². The van der Waals surface area contributed by atoms with Gasteiger partial charge in [-0.1, -0.05) is 170 Å². The van der Waals surface area contributed by atoms with Crippen LogP contribution in [-0.2, 0) is 0 Å². The maximum atomic E-state index is 2.43. The standard InChI is InChI=1S/C48H30/c1-3-18-36-31(13-1)15-12-26-37(36)33-16-11-17-34(29-33)47-41-22-7-9-24-43(41)48(44-25-10-8-23-42(44)47)45-30-35-28-27-32-14-2-4-19-38(32)46(35)40-21-6-5-20-39(40)45/h1-30H. The van der Waals surface area contributed by atoms with Crippen LogP contribution in [0.15, 0.2) is 182 Å². The van der Waals surface area contributed by atoms with Gasteiger partial charge >= 0.3 is 0 Å². The Labute approximate surface area is 279 Å². The molecule has 0 spiro atoms. The van der Waals surface area contributed by atoms with Crippen molar-refractivity contribution in [3.63, 3.8) is 0 Å². The highest BCUT2D eigenvalue weighted by Crippen LogP contribution is 2.47. The normalized spacial score (nSPS) is 11.8. The molecular weight excluding hydrogens is 577 g/mol. The molecule has 0 radical (unpaired) electrons. The average Bonchev–Trinajstić information content (AvgIpc) is 3.16. The molecule has 0 aliphatic heterocycles. The highest BCUT2D eigenvalue weighted by molar-refractivity contribution is 6.28. The van der Waals surface area contributed by atoms with Gasteiger partial charge in [-0.05, 0) is 110 Å². The van der Waals surface area contributed by atoms with Gasteiger partial charge in [0.05, 0.1) is 0 Å². The Balaban J connectivity index is 1.29. The summed E-state index contributed by atoms with van der Waals surface area (Å²) in [5.41, 5.74) is 7.57. The van der Waals surface area contributed by atoms with Crippen molar-refractivity contribution in [1.29, 1.82) is 0 Å². The number of rotatable bonds is 3. The van der Waals surface area contributed by atoms with Gasteiger partial charge in [-0.25, -0.2) is 0 Å². The lowest BCUT2D eigenvalue weighted by atomic mass is 9.83. The Morgan fingerprint density at radius 2 is 0.708 bits per heavy atom. The summed E-state index contributed by atoms with van der Waals surface area (Å²) < 4.78 is 0. The lowest BCUT2D eigenvalue weighted by molar-refractivity contribution is 1.63. The van der Waals surface area contributed by atoms with Gasteiger partial charge < -0.3 is 0 Å². The molecule has 0 atom stereocenters. The van der Waals surface area contributed by atoms with E-state index in [2.05, 4.69) is 182 Å². The van der Waals surface area contributed by atoms with Gasteiger partial charge in [0.25, 0.3) is 0 Å². The maximum Gasteiger partial charge on any atom is -0.00199 e. The zero-order chi connectivity index (χ0) is 31.6. The molecule has 0 N–H and O–H groups in total. The zero-order valence-corrected chi connectivity index (χ0v) is 26.3. The third-order valence-electron chi connectivity index (χ3n) is 10.2. The van der Waals surface area contributed by atoms with Crippen molar-refractivity contribution in [3.05, 3.63) is 182 Å². The molecule has 10 aromatic carbocycles. The zero-order valence-electron chi connectivity index (χ0n) is 26.3. The molecule has 0 unspecified atom stereocenters. The van der Waals surface area contributed by atoms with Crippen molar-refractivity contribution in [2.75, 3.05) is 0 Å². The van der Waals surface area contributed by atoms with E-state index in [1.165, 1.54) is 98.0 Å². The molecule has 0 amide bonds. The first-order chi connectivity index (χ1) is 23.8. The molecule has 0 aliphatic rings. The van der Waals surface area contributed by atoms with Crippen LogP contribution >= 0.6 is 0 Å². The average molecular weight is 607 g/mol. The first-order valence-corrected chi connectivity index (χ1v) is 16.7. The van der Waals surface area contributed by atoms with Crippen molar-refractivity contribution in [1.82, 2.24) is 0 Å². The third kappa shape index (κ3) is 4.03. The minimum absolute atomic E-state index is 1.23. The predicted octanol–water partition coefficient (Wildman–Crippen LogP) is 13.6. The summed E-state index contributed by atoms with van der Waals surface area (Å²) in [4.78, 5) is 0.